The molecule has 0 aliphatic heterocycles. The molecule has 12 heavy (non-hydrogen) atoms. The SMILES string of the molecule is CCOC(=O)CC(=NO)OCC. The summed E-state index contributed by atoms with van der Waals surface area (Å²) in [6, 6.07) is 0. The second-order valence-electron chi connectivity index (χ2n) is 1.91. The molecule has 0 radical (unpaired) electrons. The molecule has 0 rings (SSSR count). The molecule has 0 heterocycles. The maximum Gasteiger partial charge on any atom is 0.315 e. The van der Waals surface area contributed by atoms with Gasteiger partial charge in [-0.05, 0) is 13.8 Å². The molecule has 0 atom stereocenters. The average Bonchev–Trinajstić information content (AvgIpc) is 2.04. The van der Waals surface area contributed by atoms with Gasteiger partial charge in [0.05, 0.1) is 13.2 Å². The molecule has 0 aliphatic carbocycles. The van der Waals surface area contributed by atoms with Gasteiger partial charge in [0.1, 0.15) is 6.42 Å². The Morgan fingerprint density at radius 1 is 1.33 bits per heavy atom. The van der Waals surface area contributed by atoms with Gasteiger partial charge in [-0.3, -0.25) is 4.79 Å². The van der Waals surface area contributed by atoms with Crippen LogP contribution in [0.4, 0.5) is 0 Å². The van der Waals surface area contributed by atoms with Crippen LogP contribution in [0.3, 0.4) is 0 Å². The molecule has 0 amide bonds. The third kappa shape index (κ3) is 4.54. The van der Waals surface area contributed by atoms with Gasteiger partial charge >= 0.3 is 5.97 Å². The number of carbonyl (C=O) groups is 1. The molecular weight excluding hydrogens is 162 g/mol. The molecular formula is C7H13NO4. The Morgan fingerprint density at radius 2 is 1.92 bits per heavy atom. The van der Waals surface area contributed by atoms with Gasteiger partial charge in [-0.1, -0.05) is 5.16 Å². The highest BCUT2D eigenvalue weighted by Gasteiger charge is 2.08. The van der Waals surface area contributed by atoms with Crippen molar-refractivity contribution in [3.63, 3.8) is 0 Å². The van der Waals surface area contributed by atoms with E-state index < -0.39 is 5.97 Å². The zero-order chi connectivity index (χ0) is 9.40. The molecule has 5 heteroatoms. The Labute approximate surface area is 71.0 Å². The first-order valence-corrected chi connectivity index (χ1v) is 3.73. The summed E-state index contributed by atoms with van der Waals surface area (Å²) in [4.78, 5) is 10.8. The fourth-order valence-corrected chi connectivity index (χ4v) is 0.617. The zero-order valence-electron chi connectivity index (χ0n) is 7.24. The minimum atomic E-state index is -0.459. The summed E-state index contributed by atoms with van der Waals surface area (Å²) in [5, 5.41) is 11.1. The van der Waals surface area contributed by atoms with Gasteiger partial charge in [-0.15, -0.1) is 0 Å². The summed E-state index contributed by atoms with van der Waals surface area (Å²) in [5.74, 6) is -0.477. The molecule has 0 saturated heterocycles. The number of hydrogen-bond donors (Lipinski definition) is 1. The van der Waals surface area contributed by atoms with Crippen LogP contribution in [0.5, 0.6) is 0 Å². The Kier molecular flexibility index (Phi) is 5.77. The summed E-state index contributed by atoms with van der Waals surface area (Å²) < 4.78 is 9.42. The van der Waals surface area contributed by atoms with Crippen LogP contribution in [-0.4, -0.2) is 30.3 Å². The van der Waals surface area contributed by atoms with E-state index >= 15 is 0 Å². The van der Waals surface area contributed by atoms with E-state index in [0.29, 0.717) is 13.2 Å². The first kappa shape index (κ1) is 10.7. The van der Waals surface area contributed by atoms with Crippen molar-refractivity contribution in [2.75, 3.05) is 13.2 Å². The van der Waals surface area contributed by atoms with Gasteiger partial charge in [0, 0.05) is 0 Å². The van der Waals surface area contributed by atoms with E-state index in [1.165, 1.54) is 0 Å². The lowest BCUT2D eigenvalue weighted by atomic mass is 10.4. The Morgan fingerprint density at radius 3 is 2.33 bits per heavy atom. The quantitative estimate of drug-likeness (QED) is 0.225. The predicted molar refractivity (Wildman–Crippen MR) is 42.1 cm³/mol. The molecule has 5 nitrogen and oxygen atoms in total. The lowest BCUT2D eigenvalue weighted by Gasteiger charge is -2.03. The van der Waals surface area contributed by atoms with Crippen molar-refractivity contribution < 1.29 is 19.5 Å². The minimum absolute atomic E-state index is 0.0176. The number of hydrogen-bond acceptors (Lipinski definition) is 5. The van der Waals surface area contributed by atoms with Gasteiger partial charge in [-0.25, -0.2) is 0 Å². The molecule has 0 bridgehead atoms. The van der Waals surface area contributed by atoms with Gasteiger partial charge in [0.15, 0.2) is 0 Å². The summed E-state index contributed by atoms with van der Waals surface area (Å²) >= 11 is 0. The largest absolute Gasteiger partial charge is 0.479 e. The molecule has 0 fully saturated rings. The molecule has 0 aliphatic rings. The van der Waals surface area contributed by atoms with Crippen molar-refractivity contribution in [1.29, 1.82) is 0 Å². The lowest BCUT2D eigenvalue weighted by Crippen LogP contribution is -2.14. The highest BCUT2D eigenvalue weighted by molar-refractivity contribution is 5.93. The summed E-state index contributed by atoms with van der Waals surface area (Å²) in [6.07, 6.45) is -0.127. The minimum Gasteiger partial charge on any atom is -0.479 e. The molecule has 0 spiro atoms. The first-order chi connectivity index (χ1) is 5.74. The van der Waals surface area contributed by atoms with Crippen molar-refractivity contribution >= 4 is 11.9 Å². The topological polar surface area (TPSA) is 68.1 Å². The molecule has 1 N–H and O–H groups in total. The fourth-order valence-electron chi connectivity index (χ4n) is 0.617. The van der Waals surface area contributed by atoms with Crippen LogP contribution in [0, 0.1) is 0 Å². The van der Waals surface area contributed by atoms with Crippen LogP contribution in [0.25, 0.3) is 0 Å². The second-order valence-corrected chi connectivity index (χ2v) is 1.91. The highest BCUT2D eigenvalue weighted by Crippen LogP contribution is 1.92. The van der Waals surface area contributed by atoms with Crippen molar-refractivity contribution in [1.82, 2.24) is 0 Å². The van der Waals surface area contributed by atoms with E-state index in [4.69, 9.17) is 9.94 Å². The van der Waals surface area contributed by atoms with Crippen LogP contribution < -0.4 is 0 Å². The summed E-state index contributed by atoms with van der Waals surface area (Å²) in [7, 11) is 0. The Bertz CT molecular complexity index is 167. The van der Waals surface area contributed by atoms with Gasteiger partial charge in [0.2, 0.25) is 5.90 Å². The Hall–Kier alpha value is -1.26. The fraction of sp³-hybridized carbons (Fsp3) is 0.714. The van der Waals surface area contributed by atoms with Crippen LogP contribution in [0.15, 0.2) is 5.16 Å². The Balaban J connectivity index is 3.78. The van der Waals surface area contributed by atoms with Crippen molar-refractivity contribution in [3.8, 4) is 0 Å². The van der Waals surface area contributed by atoms with Crippen LogP contribution in [0.1, 0.15) is 20.3 Å². The normalized spacial score (nSPS) is 11.0. The van der Waals surface area contributed by atoms with Crippen molar-refractivity contribution in [3.05, 3.63) is 0 Å². The van der Waals surface area contributed by atoms with Gasteiger partial charge in [-0.2, -0.15) is 0 Å². The van der Waals surface area contributed by atoms with E-state index in [-0.39, 0.29) is 12.3 Å². The molecule has 0 aromatic rings. The van der Waals surface area contributed by atoms with Crippen molar-refractivity contribution in [2.45, 2.75) is 20.3 Å². The average molecular weight is 175 g/mol. The van der Waals surface area contributed by atoms with Gasteiger partial charge < -0.3 is 14.7 Å². The monoisotopic (exact) mass is 175 g/mol. The second kappa shape index (κ2) is 6.45. The zero-order valence-corrected chi connectivity index (χ0v) is 7.24. The molecule has 70 valence electrons. The number of ether oxygens (including phenoxy) is 2. The predicted octanol–water partition coefficient (Wildman–Crippen LogP) is 0.764. The van der Waals surface area contributed by atoms with E-state index in [0.717, 1.165) is 0 Å². The number of nitrogens with zero attached hydrogens (tertiary/aromatic N) is 1. The van der Waals surface area contributed by atoms with E-state index in [9.17, 15) is 4.79 Å². The third-order valence-electron chi connectivity index (χ3n) is 1.02. The summed E-state index contributed by atoms with van der Waals surface area (Å²) in [5.41, 5.74) is 0. The maximum atomic E-state index is 10.8. The smallest absolute Gasteiger partial charge is 0.315 e. The number of oxime groups is 1. The molecule has 0 saturated carbocycles. The number of rotatable bonds is 4. The molecule has 0 aromatic heterocycles. The number of carbonyl (C=O) groups excluding carboxylic acids is 1. The lowest BCUT2D eigenvalue weighted by molar-refractivity contribution is -0.141. The van der Waals surface area contributed by atoms with Gasteiger partial charge in [0.25, 0.3) is 0 Å². The van der Waals surface area contributed by atoms with E-state index in [2.05, 4.69) is 9.89 Å². The third-order valence-corrected chi connectivity index (χ3v) is 1.02. The van der Waals surface area contributed by atoms with Crippen molar-refractivity contribution in [2.24, 2.45) is 5.16 Å². The summed E-state index contributed by atoms with van der Waals surface area (Å²) in [6.45, 7) is 4.10. The highest BCUT2D eigenvalue weighted by atomic mass is 16.5. The standard InChI is InChI=1S/C7H13NO4/c1-3-11-6(8-10)5-7(9)12-4-2/h10H,3-5H2,1-2H3. The maximum absolute atomic E-state index is 10.8. The molecule has 0 aromatic carbocycles. The van der Waals surface area contributed by atoms with Crippen LogP contribution in [0.2, 0.25) is 0 Å². The molecule has 0 unspecified atom stereocenters. The van der Waals surface area contributed by atoms with Crippen LogP contribution >= 0.6 is 0 Å². The van der Waals surface area contributed by atoms with E-state index in [1.807, 2.05) is 0 Å². The van der Waals surface area contributed by atoms with Crippen LogP contribution in [-0.2, 0) is 14.3 Å². The first-order valence-electron chi connectivity index (χ1n) is 3.73. The number of esters is 1. The van der Waals surface area contributed by atoms with E-state index in [1.54, 1.807) is 13.8 Å².